The average molecular weight is 233 g/mol. The second-order valence-corrected chi connectivity index (χ2v) is 4.75. The first-order valence-electron chi connectivity index (χ1n) is 5.97. The van der Waals surface area contributed by atoms with E-state index in [-0.39, 0.29) is 12.1 Å². The summed E-state index contributed by atoms with van der Waals surface area (Å²) < 4.78 is 11.1. The fraction of sp³-hybridized carbons (Fsp3) is 0.500. The van der Waals surface area contributed by atoms with Gasteiger partial charge in [-0.1, -0.05) is 30.3 Å². The lowest BCUT2D eigenvalue weighted by Gasteiger charge is -2.15. The third kappa shape index (κ3) is 3.38. The van der Waals surface area contributed by atoms with Crippen LogP contribution in [0, 0.1) is 0 Å². The van der Waals surface area contributed by atoms with E-state index in [1.165, 1.54) is 5.56 Å². The molecule has 3 nitrogen and oxygen atoms in total. The highest BCUT2D eigenvalue weighted by molar-refractivity contribution is 5.64. The van der Waals surface area contributed by atoms with Gasteiger partial charge < -0.3 is 9.47 Å². The number of benzene rings is 1. The largest absolute Gasteiger partial charge is 0.347 e. The maximum Gasteiger partial charge on any atom is 0.163 e. The Kier molecular flexibility index (Phi) is 3.60. The standard InChI is InChI=1S/C14H19NO2/c1-11(12-7-5-4-6-8-12)15-9-13-10-16-14(2,3)17-13/h4-9,11,13H,10H2,1-3H3/t11-,13-/m0/s1. The Morgan fingerprint density at radius 2 is 2.06 bits per heavy atom. The third-order valence-electron chi connectivity index (χ3n) is 2.79. The number of ether oxygens (including phenoxy) is 2. The van der Waals surface area contributed by atoms with Crippen molar-refractivity contribution in [3.8, 4) is 0 Å². The summed E-state index contributed by atoms with van der Waals surface area (Å²) in [6.45, 7) is 6.49. The summed E-state index contributed by atoms with van der Waals surface area (Å²) in [5, 5.41) is 0. The number of hydrogen-bond acceptors (Lipinski definition) is 3. The maximum atomic E-state index is 5.66. The molecule has 3 heteroatoms. The van der Waals surface area contributed by atoms with Crippen LogP contribution in [0.25, 0.3) is 0 Å². The Bertz CT molecular complexity index is 386. The van der Waals surface area contributed by atoms with Gasteiger partial charge in [-0.15, -0.1) is 0 Å². The maximum absolute atomic E-state index is 5.66. The van der Waals surface area contributed by atoms with Gasteiger partial charge in [0.1, 0.15) is 6.10 Å². The predicted octanol–water partition coefficient (Wildman–Crippen LogP) is 2.97. The predicted molar refractivity (Wildman–Crippen MR) is 68.3 cm³/mol. The normalized spacial score (nSPS) is 25.2. The lowest BCUT2D eigenvalue weighted by Crippen LogP contribution is -2.22. The SMILES string of the molecule is C[C@H](N=C[C@H]1COC(C)(C)O1)c1ccccc1. The van der Waals surface area contributed by atoms with Crippen LogP contribution in [0.3, 0.4) is 0 Å². The van der Waals surface area contributed by atoms with Crippen molar-refractivity contribution < 1.29 is 9.47 Å². The number of hydrogen-bond donors (Lipinski definition) is 0. The molecule has 1 saturated heterocycles. The van der Waals surface area contributed by atoms with Gasteiger partial charge in [0, 0.05) is 6.21 Å². The van der Waals surface area contributed by atoms with Gasteiger partial charge in [0.15, 0.2) is 5.79 Å². The highest BCUT2D eigenvalue weighted by Crippen LogP contribution is 2.22. The quantitative estimate of drug-likeness (QED) is 0.751. The minimum absolute atomic E-state index is 0.0313. The third-order valence-corrected chi connectivity index (χ3v) is 2.79. The molecule has 0 saturated carbocycles. The van der Waals surface area contributed by atoms with E-state index in [1.54, 1.807) is 0 Å². The van der Waals surface area contributed by atoms with Crippen LogP contribution in [0.1, 0.15) is 32.4 Å². The minimum Gasteiger partial charge on any atom is -0.347 e. The van der Waals surface area contributed by atoms with Crippen molar-refractivity contribution in [1.29, 1.82) is 0 Å². The summed E-state index contributed by atoms with van der Waals surface area (Å²) in [7, 11) is 0. The molecule has 1 aromatic rings. The molecule has 0 spiro atoms. The molecule has 2 atom stereocenters. The molecule has 0 bridgehead atoms. The van der Waals surface area contributed by atoms with Gasteiger partial charge in [-0.3, -0.25) is 4.99 Å². The minimum atomic E-state index is -0.479. The zero-order chi connectivity index (χ0) is 12.3. The Labute approximate surface area is 102 Å². The van der Waals surface area contributed by atoms with Gasteiger partial charge >= 0.3 is 0 Å². The highest BCUT2D eigenvalue weighted by Gasteiger charge is 2.31. The van der Waals surface area contributed by atoms with Gasteiger partial charge in [0.05, 0.1) is 12.6 Å². The monoisotopic (exact) mass is 233 g/mol. The summed E-state index contributed by atoms with van der Waals surface area (Å²) in [6.07, 6.45) is 1.82. The fourth-order valence-electron chi connectivity index (χ4n) is 1.83. The number of aliphatic imine (C=N–C) groups is 1. The number of nitrogens with zero attached hydrogens (tertiary/aromatic N) is 1. The Balaban J connectivity index is 1.93. The van der Waals surface area contributed by atoms with Crippen molar-refractivity contribution in [2.24, 2.45) is 4.99 Å². The molecule has 0 unspecified atom stereocenters. The van der Waals surface area contributed by atoms with Crippen molar-refractivity contribution in [2.75, 3.05) is 6.61 Å². The molecule has 1 aliphatic rings. The molecule has 2 rings (SSSR count). The number of rotatable bonds is 3. The van der Waals surface area contributed by atoms with E-state index < -0.39 is 5.79 Å². The van der Waals surface area contributed by atoms with Crippen molar-refractivity contribution in [1.82, 2.24) is 0 Å². The van der Waals surface area contributed by atoms with Crippen LogP contribution in [0.4, 0.5) is 0 Å². The smallest absolute Gasteiger partial charge is 0.163 e. The van der Waals surface area contributed by atoms with Crippen LogP contribution in [-0.4, -0.2) is 24.7 Å². The van der Waals surface area contributed by atoms with Gasteiger partial charge in [0.2, 0.25) is 0 Å². The molecule has 0 N–H and O–H groups in total. The summed E-state index contributed by atoms with van der Waals surface area (Å²) in [5.74, 6) is -0.479. The van der Waals surface area contributed by atoms with E-state index in [9.17, 15) is 0 Å². The molecule has 92 valence electrons. The van der Waals surface area contributed by atoms with Crippen LogP contribution in [0.2, 0.25) is 0 Å². The Hall–Kier alpha value is -1.19. The van der Waals surface area contributed by atoms with Crippen LogP contribution >= 0.6 is 0 Å². The van der Waals surface area contributed by atoms with Crippen molar-refractivity contribution in [3.63, 3.8) is 0 Å². The van der Waals surface area contributed by atoms with Gasteiger partial charge in [-0.2, -0.15) is 0 Å². The molecular formula is C14H19NO2. The van der Waals surface area contributed by atoms with Crippen molar-refractivity contribution in [3.05, 3.63) is 35.9 Å². The first-order chi connectivity index (χ1) is 8.07. The van der Waals surface area contributed by atoms with Gasteiger partial charge in [0.25, 0.3) is 0 Å². The topological polar surface area (TPSA) is 30.8 Å². The van der Waals surface area contributed by atoms with E-state index in [4.69, 9.17) is 9.47 Å². The fourth-order valence-corrected chi connectivity index (χ4v) is 1.83. The average Bonchev–Trinajstić information content (AvgIpc) is 2.67. The molecule has 1 heterocycles. The second kappa shape index (κ2) is 4.98. The zero-order valence-electron chi connectivity index (χ0n) is 10.6. The van der Waals surface area contributed by atoms with E-state index in [1.807, 2.05) is 38.3 Å². The van der Waals surface area contributed by atoms with Crippen LogP contribution in [0.15, 0.2) is 35.3 Å². The summed E-state index contributed by atoms with van der Waals surface area (Å²) >= 11 is 0. The van der Waals surface area contributed by atoms with E-state index in [0.717, 1.165) is 0 Å². The molecule has 17 heavy (non-hydrogen) atoms. The molecule has 1 aliphatic heterocycles. The lowest BCUT2D eigenvalue weighted by molar-refractivity contribution is -0.130. The Morgan fingerprint density at radius 3 is 2.65 bits per heavy atom. The van der Waals surface area contributed by atoms with Crippen LogP contribution in [0.5, 0.6) is 0 Å². The first-order valence-corrected chi connectivity index (χ1v) is 5.97. The summed E-state index contributed by atoms with van der Waals surface area (Å²) in [6, 6.07) is 10.4. The molecular weight excluding hydrogens is 214 g/mol. The molecule has 1 aromatic carbocycles. The summed E-state index contributed by atoms with van der Waals surface area (Å²) in [4.78, 5) is 4.51. The molecule has 1 fully saturated rings. The molecule has 0 aromatic heterocycles. The van der Waals surface area contributed by atoms with Crippen LogP contribution < -0.4 is 0 Å². The lowest BCUT2D eigenvalue weighted by atomic mass is 10.1. The van der Waals surface area contributed by atoms with Crippen molar-refractivity contribution >= 4 is 6.21 Å². The first kappa shape index (κ1) is 12.3. The Morgan fingerprint density at radius 1 is 1.35 bits per heavy atom. The van der Waals surface area contributed by atoms with Gasteiger partial charge in [-0.05, 0) is 26.3 Å². The van der Waals surface area contributed by atoms with E-state index in [0.29, 0.717) is 6.61 Å². The van der Waals surface area contributed by atoms with Gasteiger partial charge in [-0.25, -0.2) is 0 Å². The second-order valence-electron chi connectivity index (χ2n) is 4.75. The highest BCUT2D eigenvalue weighted by atomic mass is 16.7. The van der Waals surface area contributed by atoms with Crippen molar-refractivity contribution in [2.45, 2.75) is 38.7 Å². The molecule has 0 aliphatic carbocycles. The summed E-state index contributed by atoms with van der Waals surface area (Å²) in [5.41, 5.74) is 1.21. The molecule has 0 radical (unpaired) electrons. The van der Waals surface area contributed by atoms with E-state index >= 15 is 0 Å². The molecule has 0 amide bonds. The zero-order valence-corrected chi connectivity index (χ0v) is 10.6. The van der Waals surface area contributed by atoms with Crippen LogP contribution in [-0.2, 0) is 9.47 Å². The van der Waals surface area contributed by atoms with E-state index in [2.05, 4.69) is 24.0 Å².